The van der Waals surface area contributed by atoms with E-state index in [2.05, 4.69) is 26.2 Å². The van der Waals surface area contributed by atoms with Gasteiger partial charge in [-0.05, 0) is 34.1 Å². The van der Waals surface area contributed by atoms with Crippen molar-refractivity contribution < 1.29 is 9.66 Å². The van der Waals surface area contributed by atoms with Gasteiger partial charge in [0.05, 0.1) is 12.0 Å². The predicted molar refractivity (Wildman–Crippen MR) is 78.9 cm³/mol. The van der Waals surface area contributed by atoms with Crippen LogP contribution in [0.1, 0.15) is 5.56 Å². The van der Waals surface area contributed by atoms with Crippen LogP contribution in [0.25, 0.3) is 0 Å². The lowest BCUT2D eigenvalue weighted by Crippen LogP contribution is -2.03. The van der Waals surface area contributed by atoms with Gasteiger partial charge in [0.1, 0.15) is 11.6 Å². The van der Waals surface area contributed by atoms with E-state index in [4.69, 9.17) is 4.74 Å². The minimum atomic E-state index is -0.430. The van der Waals surface area contributed by atoms with Gasteiger partial charge in [0.15, 0.2) is 0 Å². The lowest BCUT2D eigenvalue weighted by molar-refractivity contribution is -0.384. The van der Waals surface area contributed by atoms with E-state index >= 15 is 0 Å². The zero-order valence-electron chi connectivity index (χ0n) is 10.7. The fourth-order valence-electron chi connectivity index (χ4n) is 1.68. The number of benzene rings is 1. The van der Waals surface area contributed by atoms with Crippen molar-refractivity contribution >= 4 is 27.4 Å². The molecule has 0 fully saturated rings. The molecule has 1 heterocycles. The first-order chi connectivity index (χ1) is 9.60. The van der Waals surface area contributed by atoms with Crippen LogP contribution in [0, 0.1) is 10.1 Å². The highest BCUT2D eigenvalue weighted by atomic mass is 79.9. The summed E-state index contributed by atoms with van der Waals surface area (Å²) in [5.74, 6) is 1.28. The summed E-state index contributed by atoms with van der Waals surface area (Å²) in [4.78, 5) is 14.5. The van der Waals surface area contributed by atoms with Crippen LogP contribution < -0.4 is 10.1 Å². The number of non-ortho nitro benzene ring substituents is 1. The third kappa shape index (κ3) is 3.45. The van der Waals surface area contributed by atoms with Gasteiger partial charge in [-0.15, -0.1) is 0 Å². The Balaban J connectivity index is 2.16. The van der Waals surface area contributed by atoms with E-state index in [0.717, 1.165) is 4.47 Å². The molecular formula is C13H12BrN3O3. The second-order valence-electron chi connectivity index (χ2n) is 3.97. The third-order valence-corrected chi connectivity index (χ3v) is 3.13. The summed E-state index contributed by atoms with van der Waals surface area (Å²) in [5, 5.41) is 13.9. The first kappa shape index (κ1) is 14.3. The molecule has 0 bridgehead atoms. The summed E-state index contributed by atoms with van der Waals surface area (Å²) >= 11 is 3.30. The first-order valence-corrected chi connectivity index (χ1v) is 6.56. The molecule has 0 spiro atoms. The Morgan fingerprint density at radius 2 is 2.20 bits per heavy atom. The summed E-state index contributed by atoms with van der Waals surface area (Å²) in [6, 6.07) is 8.17. The van der Waals surface area contributed by atoms with Crippen LogP contribution in [0.2, 0.25) is 0 Å². The van der Waals surface area contributed by atoms with Gasteiger partial charge in [-0.3, -0.25) is 10.1 Å². The zero-order valence-corrected chi connectivity index (χ0v) is 12.3. The first-order valence-electron chi connectivity index (χ1n) is 5.77. The summed E-state index contributed by atoms with van der Waals surface area (Å²) in [5.41, 5.74) is 0.734. The maximum Gasteiger partial charge on any atom is 0.270 e. The molecule has 7 heteroatoms. The lowest BCUT2D eigenvalue weighted by Gasteiger charge is -2.10. The van der Waals surface area contributed by atoms with Crippen molar-refractivity contribution in [3.05, 3.63) is 56.7 Å². The van der Waals surface area contributed by atoms with E-state index in [0.29, 0.717) is 23.7 Å². The number of halogens is 1. The zero-order chi connectivity index (χ0) is 14.5. The van der Waals surface area contributed by atoms with Gasteiger partial charge in [-0.2, -0.15) is 0 Å². The Morgan fingerprint density at radius 3 is 2.80 bits per heavy atom. The number of hydrogen-bond donors (Lipinski definition) is 1. The van der Waals surface area contributed by atoms with Crippen LogP contribution in [0.5, 0.6) is 5.75 Å². The molecule has 0 radical (unpaired) electrons. The molecule has 0 saturated heterocycles. The second kappa shape index (κ2) is 6.33. The summed E-state index contributed by atoms with van der Waals surface area (Å²) in [6.45, 7) is 0.388. The Bertz CT molecular complexity index is 617. The van der Waals surface area contributed by atoms with Crippen LogP contribution in [0.3, 0.4) is 0 Å². The SMILES string of the molecule is COc1ccc([N+](=O)[O-])cc1CNc1ccc(Br)cn1. The Morgan fingerprint density at radius 1 is 1.40 bits per heavy atom. The molecule has 0 aliphatic heterocycles. The Labute approximate surface area is 124 Å². The fourth-order valence-corrected chi connectivity index (χ4v) is 1.92. The number of aromatic nitrogens is 1. The molecule has 6 nitrogen and oxygen atoms in total. The number of hydrogen-bond acceptors (Lipinski definition) is 5. The number of nitrogens with one attached hydrogen (secondary N) is 1. The van der Waals surface area contributed by atoms with Gasteiger partial charge >= 0.3 is 0 Å². The molecule has 0 aliphatic carbocycles. The van der Waals surface area contributed by atoms with Crippen molar-refractivity contribution in [3.8, 4) is 5.75 Å². The van der Waals surface area contributed by atoms with E-state index in [-0.39, 0.29) is 5.69 Å². The number of methoxy groups -OCH3 is 1. The van der Waals surface area contributed by atoms with Gasteiger partial charge < -0.3 is 10.1 Å². The molecule has 2 aromatic rings. The summed E-state index contributed by atoms with van der Waals surface area (Å²) < 4.78 is 6.08. The molecule has 0 atom stereocenters. The van der Waals surface area contributed by atoms with Crippen LogP contribution >= 0.6 is 15.9 Å². The number of anilines is 1. The number of nitro groups is 1. The number of rotatable bonds is 5. The largest absolute Gasteiger partial charge is 0.496 e. The molecule has 0 saturated carbocycles. The topological polar surface area (TPSA) is 77.3 Å². The van der Waals surface area contributed by atoms with Gasteiger partial charge in [0.25, 0.3) is 5.69 Å². The van der Waals surface area contributed by atoms with Crippen LogP contribution in [0.15, 0.2) is 41.0 Å². The maximum absolute atomic E-state index is 10.8. The molecule has 1 aromatic heterocycles. The minimum absolute atomic E-state index is 0.0337. The van der Waals surface area contributed by atoms with Gasteiger partial charge in [0.2, 0.25) is 0 Å². The molecule has 1 N–H and O–H groups in total. The highest BCUT2D eigenvalue weighted by molar-refractivity contribution is 9.10. The van der Waals surface area contributed by atoms with Crippen molar-refractivity contribution in [2.75, 3.05) is 12.4 Å². The highest BCUT2D eigenvalue weighted by Gasteiger charge is 2.11. The Kier molecular flexibility index (Phi) is 4.52. The lowest BCUT2D eigenvalue weighted by atomic mass is 10.1. The monoisotopic (exact) mass is 337 g/mol. The molecule has 104 valence electrons. The van der Waals surface area contributed by atoms with Crippen LogP contribution in [0.4, 0.5) is 11.5 Å². The van der Waals surface area contributed by atoms with Crippen molar-refractivity contribution in [1.82, 2.24) is 4.98 Å². The summed E-state index contributed by atoms with van der Waals surface area (Å²) in [7, 11) is 1.53. The van der Waals surface area contributed by atoms with Crippen molar-refractivity contribution in [2.24, 2.45) is 0 Å². The molecule has 0 amide bonds. The van der Waals surface area contributed by atoms with E-state index in [1.54, 1.807) is 12.3 Å². The average molecular weight is 338 g/mol. The highest BCUT2D eigenvalue weighted by Crippen LogP contribution is 2.24. The normalized spacial score (nSPS) is 10.1. The third-order valence-electron chi connectivity index (χ3n) is 2.66. The molecule has 0 unspecified atom stereocenters. The van der Waals surface area contributed by atoms with E-state index in [1.165, 1.54) is 19.2 Å². The number of nitro benzene ring substituents is 1. The summed E-state index contributed by atoms with van der Waals surface area (Å²) in [6.07, 6.45) is 1.67. The van der Waals surface area contributed by atoms with Crippen LogP contribution in [-0.4, -0.2) is 17.0 Å². The molecule has 0 aliphatic rings. The Hall–Kier alpha value is -2.15. The van der Waals surface area contributed by atoms with Crippen LogP contribution in [-0.2, 0) is 6.54 Å². The van der Waals surface area contributed by atoms with Crippen molar-refractivity contribution in [2.45, 2.75) is 6.54 Å². The molecule has 1 aromatic carbocycles. The van der Waals surface area contributed by atoms with Gasteiger partial charge in [-0.25, -0.2) is 4.98 Å². The average Bonchev–Trinajstić information content (AvgIpc) is 2.46. The second-order valence-corrected chi connectivity index (χ2v) is 4.88. The molecule has 2 rings (SSSR count). The standard InChI is InChI=1S/C13H12BrN3O3/c1-20-12-4-3-11(17(18)19)6-9(12)7-15-13-5-2-10(14)8-16-13/h2-6,8H,7H2,1H3,(H,15,16). The molecular weight excluding hydrogens is 326 g/mol. The van der Waals surface area contributed by atoms with Crippen molar-refractivity contribution in [1.29, 1.82) is 0 Å². The fraction of sp³-hybridized carbons (Fsp3) is 0.154. The minimum Gasteiger partial charge on any atom is -0.496 e. The quantitative estimate of drug-likeness (QED) is 0.668. The number of pyridine rings is 1. The number of nitrogens with zero attached hydrogens (tertiary/aromatic N) is 2. The van der Waals surface area contributed by atoms with Gasteiger partial charge in [-0.1, -0.05) is 0 Å². The predicted octanol–water partition coefficient (Wildman–Crippen LogP) is 3.37. The maximum atomic E-state index is 10.8. The van der Waals surface area contributed by atoms with E-state index in [1.807, 2.05) is 12.1 Å². The van der Waals surface area contributed by atoms with E-state index in [9.17, 15) is 10.1 Å². The number of ether oxygens (including phenoxy) is 1. The van der Waals surface area contributed by atoms with E-state index < -0.39 is 4.92 Å². The smallest absolute Gasteiger partial charge is 0.270 e. The van der Waals surface area contributed by atoms with Crippen molar-refractivity contribution in [3.63, 3.8) is 0 Å². The molecule has 20 heavy (non-hydrogen) atoms. The van der Waals surface area contributed by atoms with Gasteiger partial charge in [0, 0.05) is 34.9 Å².